The Hall–Kier alpha value is -2.81. The van der Waals surface area contributed by atoms with E-state index in [-0.39, 0.29) is 26.1 Å². The third-order valence-electron chi connectivity index (χ3n) is 8.42. The topological polar surface area (TPSA) is 108 Å². The molecule has 0 aliphatic rings. The van der Waals surface area contributed by atoms with Crippen LogP contribution in [-0.2, 0) is 32.7 Å². The average Bonchev–Trinajstić information content (AvgIpc) is 3.15. The number of phosphoric acid groups is 1. The third kappa shape index (κ3) is 40.8. The zero-order chi connectivity index (χ0) is 41.4. The van der Waals surface area contributed by atoms with Gasteiger partial charge in [-0.05, 0) is 77.0 Å². The molecule has 0 spiro atoms. The van der Waals surface area contributed by atoms with Gasteiger partial charge >= 0.3 is 19.8 Å². The van der Waals surface area contributed by atoms with Crippen LogP contribution in [0.25, 0.3) is 0 Å². The van der Waals surface area contributed by atoms with Crippen LogP contribution in [0.1, 0.15) is 142 Å². The van der Waals surface area contributed by atoms with Crippen molar-refractivity contribution >= 4 is 19.8 Å². The van der Waals surface area contributed by atoms with Gasteiger partial charge in [0, 0.05) is 12.8 Å². The predicted molar refractivity (Wildman–Crippen MR) is 233 cm³/mol. The molecule has 0 rings (SSSR count). The summed E-state index contributed by atoms with van der Waals surface area (Å²) in [5.74, 6) is -0.925. The van der Waals surface area contributed by atoms with Gasteiger partial charge in [0.1, 0.15) is 19.8 Å². The van der Waals surface area contributed by atoms with Crippen LogP contribution < -0.4 is 0 Å². The number of carbonyl (C=O) groups excluding carboxylic acids is 2. The molecular weight excluding hydrogens is 725 g/mol. The zero-order valence-corrected chi connectivity index (χ0v) is 36.7. The summed E-state index contributed by atoms with van der Waals surface area (Å²) in [7, 11) is 1.41. The summed E-state index contributed by atoms with van der Waals surface area (Å²) in [5, 5.41) is 0. The smallest absolute Gasteiger partial charge is 0.462 e. The summed E-state index contributed by atoms with van der Waals surface area (Å²) in [6.07, 6.45) is 47.9. The second-order valence-corrected chi connectivity index (χ2v) is 16.4. The summed E-state index contributed by atoms with van der Waals surface area (Å²) in [5.41, 5.74) is 0. The lowest BCUT2D eigenvalue weighted by Gasteiger charge is -2.24. The van der Waals surface area contributed by atoms with Crippen LogP contribution in [0.3, 0.4) is 0 Å². The molecule has 0 aromatic heterocycles. The Labute approximate surface area is 341 Å². The number of unbranched alkanes of at least 4 members (excludes halogenated alkanes) is 9. The molecule has 0 amide bonds. The van der Waals surface area contributed by atoms with Crippen LogP contribution in [0, 0.1) is 0 Å². The number of ether oxygens (including phenoxy) is 2. The van der Waals surface area contributed by atoms with Gasteiger partial charge in [-0.2, -0.15) is 0 Å². The molecule has 1 unspecified atom stereocenters. The maximum Gasteiger partial charge on any atom is 0.472 e. The monoisotopic (exact) mass is 805 g/mol. The highest BCUT2D eigenvalue weighted by Crippen LogP contribution is 2.43. The molecule has 0 saturated heterocycles. The predicted octanol–water partition coefficient (Wildman–Crippen LogP) is 12.0. The van der Waals surface area contributed by atoms with Gasteiger partial charge in [0.2, 0.25) is 0 Å². The summed E-state index contributed by atoms with van der Waals surface area (Å²) in [6.45, 7) is 4.17. The van der Waals surface area contributed by atoms with Crippen molar-refractivity contribution in [1.29, 1.82) is 0 Å². The first-order chi connectivity index (χ1) is 27.0. The molecule has 0 aliphatic carbocycles. The number of phosphoric ester groups is 1. The van der Waals surface area contributed by atoms with Crippen LogP contribution in [0.2, 0.25) is 0 Å². The van der Waals surface area contributed by atoms with Crippen molar-refractivity contribution in [3.05, 3.63) is 85.1 Å². The number of allylic oxidation sites excluding steroid dienone is 14. The Kier molecular flexibility index (Phi) is 35.9. The molecular formula is C46H79NO8P+. The Morgan fingerprint density at radius 3 is 1.59 bits per heavy atom. The molecule has 0 bridgehead atoms. The maximum atomic E-state index is 12.6. The second-order valence-electron chi connectivity index (χ2n) is 15.0. The number of carbonyl (C=O) groups is 2. The van der Waals surface area contributed by atoms with Crippen molar-refractivity contribution in [1.82, 2.24) is 0 Å². The van der Waals surface area contributed by atoms with Gasteiger partial charge in [0.25, 0.3) is 0 Å². The third-order valence-corrected chi connectivity index (χ3v) is 9.41. The first kappa shape index (κ1) is 53.2. The lowest BCUT2D eigenvalue weighted by atomic mass is 10.1. The second kappa shape index (κ2) is 37.7. The Balaban J connectivity index is 4.56. The van der Waals surface area contributed by atoms with Gasteiger partial charge in [-0.15, -0.1) is 0 Å². The van der Waals surface area contributed by atoms with Crippen molar-refractivity contribution in [2.45, 2.75) is 148 Å². The molecule has 1 N–H and O–H groups in total. The fourth-order valence-electron chi connectivity index (χ4n) is 5.09. The molecule has 9 nitrogen and oxygen atoms in total. The van der Waals surface area contributed by atoms with Gasteiger partial charge in [-0.1, -0.05) is 137 Å². The van der Waals surface area contributed by atoms with Gasteiger partial charge in [-0.3, -0.25) is 18.6 Å². The van der Waals surface area contributed by atoms with E-state index in [2.05, 4.69) is 86.8 Å². The largest absolute Gasteiger partial charge is 0.472 e. The fraction of sp³-hybridized carbons (Fsp3) is 0.652. The molecule has 0 heterocycles. The highest BCUT2D eigenvalue weighted by Gasteiger charge is 2.27. The zero-order valence-electron chi connectivity index (χ0n) is 35.8. The number of likely N-dealkylation sites (N-methyl/N-ethyl adjacent to an activating group) is 1. The molecule has 0 aliphatic heterocycles. The number of hydrogen-bond donors (Lipinski definition) is 1. The number of nitrogens with zero attached hydrogens (tertiary/aromatic N) is 1. The quantitative estimate of drug-likeness (QED) is 0.0217. The van der Waals surface area contributed by atoms with E-state index in [0.29, 0.717) is 23.9 Å². The van der Waals surface area contributed by atoms with Gasteiger partial charge in [0.15, 0.2) is 6.10 Å². The Bertz CT molecular complexity index is 1230. The number of esters is 2. The summed E-state index contributed by atoms with van der Waals surface area (Å²) in [4.78, 5) is 35.3. The van der Waals surface area contributed by atoms with Crippen LogP contribution in [0.5, 0.6) is 0 Å². The lowest BCUT2D eigenvalue weighted by molar-refractivity contribution is -0.870. The normalized spacial score (nSPS) is 14.5. The van der Waals surface area contributed by atoms with E-state index in [1.54, 1.807) is 0 Å². The first-order valence-electron chi connectivity index (χ1n) is 21.3. The minimum absolute atomic E-state index is 0.0115. The van der Waals surface area contributed by atoms with Crippen LogP contribution in [0.15, 0.2) is 85.1 Å². The molecule has 0 aromatic carbocycles. The molecule has 0 aromatic rings. The van der Waals surface area contributed by atoms with Crippen molar-refractivity contribution in [3.63, 3.8) is 0 Å². The number of hydrogen-bond acceptors (Lipinski definition) is 7. The summed E-state index contributed by atoms with van der Waals surface area (Å²) < 4.78 is 34.1. The minimum Gasteiger partial charge on any atom is -0.462 e. The van der Waals surface area contributed by atoms with E-state index in [4.69, 9.17) is 18.5 Å². The Morgan fingerprint density at radius 1 is 0.571 bits per heavy atom. The highest BCUT2D eigenvalue weighted by atomic mass is 31.2. The molecule has 320 valence electrons. The van der Waals surface area contributed by atoms with Crippen LogP contribution >= 0.6 is 7.82 Å². The highest BCUT2D eigenvalue weighted by molar-refractivity contribution is 7.47. The van der Waals surface area contributed by atoms with Gasteiger partial charge in [-0.25, -0.2) is 4.57 Å². The van der Waals surface area contributed by atoms with Gasteiger partial charge in [0.05, 0.1) is 27.7 Å². The number of rotatable bonds is 37. The molecule has 0 radical (unpaired) electrons. The summed E-state index contributed by atoms with van der Waals surface area (Å²) >= 11 is 0. The van der Waals surface area contributed by atoms with E-state index < -0.39 is 32.5 Å². The van der Waals surface area contributed by atoms with Crippen molar-refractivity contribution in [2.75, 3.05) is 47.5 Å². The van der Waals surface area contributed by atoms with Crippen LogP contribution in [0.4, 0.5) is 0 Å². The van der Waals surface area contributed by atoms with Gasteiger partial charge < -0.3 is 18.9 Å². The fourth-order valence-corrected chi connectivity index (χ4v) is 5.83. The SMILES string of the molecule is CC/C=C\C/C=C\C/C=C\C/C=C\C/C=C\C/C=C\CCC(=O)O[C@H](COC(=O)CCCCC/C=C\CCCCCCCC)COP(=O)(O)OCC[N+](C)(C)C. The summed E-state index contributed by atoms with van der Waals surface area (Å²) in [6, 6.07) is 0. The van der Waals surface area contributed by atoms with Crippen molar-refractivity contribution in [3.8, 4) is 0 Å². The number of quaternary nitrogens is 1. The maximum absolute atomic E-state index is 12.6. The van der Waals surface area contributed by atoms with E-state index in [0.717, 1.165) is 64.2 Å². The van der Waals surface area contributed by atoms with Crippen molar-refractivity contribution < 1.29 is 42.1 Å². The lowest BCUT2D eigenvalue weighted by Crippen LogP contribution is -2.37. The van der Waals surface area contributed by atoms with E-state index >= 15 is 0 Å². The molecule has 0 fully saturated rings. The van der Waals surface area contributed by atoms with Crippen molar-refractivity contribution in [2.24, 2.45) is 0 Å². The standard InChI is InChI=1S/C46H78NO8P/c1-6-8-10-12-14-16-18-20-21-22-23-24-25-27-29-31-33-35-37-39-46(49)55-44(43-54-56(50,51)53-41-40-47(3,4)5)42-52-45(48)38-36-34-32-30-28-26-19-17-15-13-11-9-7-2/h8,10,14,16,20-21,23-24,26-29,33,35,44H,6-7,9,11-13,15,17-19,22,25,30-32,34,36-43H2,1-5H3/p+1/b10-8-,16-14-,21-20-,24-23-,28-26-,29-27-,35-33-/t44-/m1/s1. The Morgan fingerprint density at radius 2 is 1.05 bits per heavy atom. The molecule has 2 atom stereocenters. The first-order valence-corrected chi connectivity index (χ1v) is 22.8. The molecule has 0 saturated carbocycles. The minimum atomic E-state index is -4.40. The average molecular weight is 805 g/mol. The molecule has 10 heteroatoms. The van der Waals surface area contributed by atoms with Crippen LogP contribution in [-0.4, -0.2) is 74.9 Å². The van der Waals surface area contributed by atoms with E-state index in [1.807, 2.05) is 33.3 Å². The molecule has 56 heavy (non-hydrogen) atoms. The van der Waals surface area contributed by atoms with E-state index in [1.165, 1.54) is 38.5 Å². The van der Waals surface area contributed by atoms with E-state index in [9.17, 15) is 19.0 Å².